The third-order valence-corrected chi connectivity index (χ3v) is 3.73. The molecule has 0 saturated heterocycles. The van der Waals surface area contributed by atoms with Crippen molar-refractivity contribution in [2.45, 2.75) is 6.54 Å². The summed E-state index contributed by atoms with van der Waals surface area (Å²) >= 11 is 0. The smallest absolute Gasteiger partial charge is 0.347 e. The van der Waals surface area contributed by atoms with Crippen LogP contribution in [0.25, 0.3) is 11.3 Å². The van der Waals surface area contributed by atoms with E-state index < -0.39 is 0 Å². The zero-order valence-corrected chi connectivity index (χ0v) is 13.0. The van der Waals surface area contributed by atoms with Crippen LogP contribution in [0.1, 0.15) is 15.9 Å². The Kier molecular flexibility index (Phi) is 3.58. The summed E-state index contributed by atoms with van der Waals surface area (Å²) < 4.78 is 2.93. The third-order valence-electron chi connectivity index (χ3n) is 3.73. The number of benzene rings is 1. The minimum absolute atomic E-state index is 0.293. The molecule has 0 radical (unpaired) electrons. The van der Waals surface area contributed by atoms with Gasteiger partial charge in [-0.15, -0.1) is 0 Å². The number of nitrogens with zero attached hydrogens (tertiary/aromatic N) is 5. The lowest BCUT2D eigenvalue weighted by Gasteiger charge is -2.08. The fourth-order valence-corrected chi connectivity index (χ4v) is 2.54. The molecule has 4 aromatic rings. The lowest BCUT2D eigenvalue weighted by molar-refractivity contribution is 0.0952. The molecule has 0 spiro atoms. The number of pyridine rings is 1. The Labute approximate surface area is 141 Å². The average molecular weight is 335 g/mol. The summed E-state index contributed by atoms with van der Waals surface area (Å²) in [4.78, 5) is 27.9. The molecule has 0 aliphatic heterocycles. The van der Waals surface area contributed by atoms with Crippen molar-refractivity contribution in [3.63, 3.8) is 0 Å². The fourth-order valence-electron chi connectivity index (χ4n) is 2.54. The quantitative estimate of drug-likeness (QED) is 0.565. The lowest BCUT2D eigenvalue weighted by atomic mass is 10.2. The number of aromatic amines is 1. The Balaban J connectivity index is 1.54. The van der Waals surface area contributed by atoms with Gasteiger partial charge in [0.15, 0.2) is 5.65 Å². The molecule has 9 nitrogen and oxygen atoms in total. The van der Waals surface area contributed by atoms with Crippen LogP contribution in [0.15, 0.2) is 60.0 Å². The SMILES string of the molecule is O=C(NCc1cccc(-n2cncn2)c1)c1cccn2c(=O)[nH]nc12. The Morgan fingerprint density at radius 2 is 2.16 bits per heavy atom. The monoisotopic (exact) mass is 335 g/mol. The maximum Gasteiger partial charge on any atom is 0.347 e. The number of rotatable bonds is 4. The highest BCUT2D eigenvalue weighted by molar-refractivity contribution is 5.99. The highest BCUT2D eigenvalue weighted by Gasteiger charge is 2.13. The van der Waals surface area contributed by atoms with Gasteiger partial charge in [-0.05, 0) is 29.8 Å². The second-order valence-electron chi connectivity index (χ2n) is 5.34. The van der Waals surface area contributed by atoms with Crippen molar-refractivity contribution < 1.29 is 4.79 Å². The van der Waals surface area contributed by atoms with E-state index in [9.17, 15) is 9.59 Å². The number of hydrogen-bond acceptors (Lipinski definition) is 5. The van der Waals surface area contributed by atoms with E-state index in [1.54, 1.807) is 29.3 Å². The molecule has 2 N–H and O–H groups in total. The van der Waals surface area contributed by atoms with E-state index in [1.807, 2.05) is 24.3 Å². The summed E-state index contributed by atoms with van der Waals surface area (Å²) in [7, 11) is 0. The van der Waals surface area contributed by atoms with E-state index in [-0.39, 0.29) is 11.6 Å². The number of amides is 1. The van der Waals surface area contributed by atoms with Crippen LogP contribution in [-0.2, 0) is 6.54 Å². The highest BCUT2D eigenvalue weighted by Crippen LogP contribution is 2.10. The highest BCUT2D eigenvalue weighted by atomic mass is 16.2. The zero-order chi connectivity index (χ0) is 17.2. The minimum atomic E-state index is -0.384. The number of fused-ring (bicyclic) bond motifs is 1. The van der Waals surface area contributed by atoms with Crippen molar-refractivity contribution in [1.82, 2.24) is 34.7 Å². The molecular weight excluding hydrogens is 322 g/mol. The Morgan fingerprint density at radius 1 is 1.24 bits per heavy atom. The summed E-state index contributed by atoms with van der Waals surface area (Å²) in [5.41, 5.74) is 2.00. The number of carbonyl (C=O) groups is 1. The van der Waals surface area contributed by atoms with Crippen LogP contribution in [0, 0.1) is 0 Å². The van der Waals surface area contributed by atoms with Crippen LogP contribution in [0.4, 0.5) is 0 Å². The third kappa shape index (κ3) is 2.78. The van der Waals surface area contributed by atoms with Gasteiger partial charge >= 0.3 is 5.69 Å². The number of carbonyl (C=O) groups excluding carboxylic acids is 1. The number of aromatic nitrogens is 6. The van der Waals surface area contributed by atoms with Gasteiger partial charge in [0.25, 0.3) is 5.91 Å². The molecule has 0 aliphatic rings. The standard InChI is InChI=1S/C16H13N7O2/c24-15(13-5-2-6-22-14(13)20-21-16(22)25)18-8-11-3-1-4-12(7-11)23-10-17-9-19-23/h1-7,9-10H,8H2,(H,18,24)(H,21,25). The molecular formula is C16H13N7O2. The van der Waals surface area contributed by atoms with Gasteiger partial charge in [-0.2, -0.15) is 10.2 Å². The van der Waals surface area contributed by atoms with Gasteiger partial charge in [0.05, 0.1) is 11.3 Å². The zero-order valence-electron chi connectivity index (χ0n) is 13.0. The molecule has 3 heterocycles. The van der Waals surface area contributed by atoms with E-state index in [2.05, 4.69) is 25.6 Å². The molecule has 0 atom stereocenters. The summed E-state index contributed by atoms with van der Waals surface area (Å²) in [6.07, 6.45) is 4.62. The summed E-state index contributed by atoms with van der Waals surface area (Å²) in [5.74, 6) is -0.309. The van der Waals surface area contributed by atoms with Crippen molar-refractivity contribution in [2.24, 2.45) is 0 Å². The normalized spacial score (nSPS) is 10.9. The molecule has 4 rings (SSSR count). The van der Waals surface area contributed by atoms with Crippen LogP contribution < -0.4 is 11.0 Å². The van der Waals surface area contributed by atoms with Gasteiger partial charge in [0.2, 0.25) is 0 Å². The van der Waals surface area contributed by atoms with Crippen LogP contribution in [0.2, 0.25) is 0 Å². The van der Waals surface area contributed by atoms with E-state index in [0.29, 0.717) is 17.8 Å². The van der Waals surface area contributed by atoms with Crippen molar-refractivity contribution >= 4 is 11.6 Å². The average Bonchev–Trinajstić information content (AvgIpc) is 3.30. The van der Waals surface area contributed by atoms with Gasteiger partial charge in [-0.1, -0.05) is 12.1 Å². The number of H-pyrrole nitrogens is 1. The maximum atomic E-state index is 12.4. The van der Waals surface area contributed by atoms with Crippen LogP contribution in [0.3, 0.4) is 0 Å². The first-order valence-corrected chi connectivity index (χ1v) is 7.50. The van der Waals surface area contributed by atoms with E-state index in [4.69, 9.17) is 0 Å². The molecule has 9 heteroatoms. The van der Waals surface area contributed by atoms with Gasteiger partial charge in [0.1, 0.15) is 12.7 Å². The predicted molar refractivity (Wildman–Crippen MR) is 88.3 cm³/mol. The molecule has 0 aliphatic carbocycles. The minimum Gasteiger partial charge on any atom is -0.348 e. The van der Waals surface area contributed by atoms with Gasteiger partial charge in [-0.25, -0.2) is 24.0 Å². The van der Waals surface area contributed by atoms with E-state index >= 15 is 0 Å². The van der Waals surface area contributed by atoms with Crippen LogP contribution in [-0.4, -0.2) is 35.3 Å². The number of nitrogens with one attached hydrogen (secondary N) is 2. The van der Waals surface area contributed by atoms with Gasteiger partial charge in [-0.3, -0.25) is 4.79 Å². The fraction of sp³-hybridized carbons (Fsp3) is 0.0625. The van der Waals surface area contributed by atoms with E-state index in [1.165, 1.54) is 10.7 Å². The lowest BCUT2D eigenvalue weighted by Crippen LogP contribution is -2.24. The van der Waals surface area contributed by atoms with E-state index in [0.717, 1.165) is 11.3 Å². The first-order chi connectivity index (χ1) is 12.2. The van der Waals surface area contributed by atoms with Crippen molar-refractivity contribution in [1.29, 1.82) is 0 Å². The van der Waals surface area contributed by atoms with Crippen LogP contribution in [0.5, 0.6) is 0 Å². The Morgan fingerprint density at radius 3 is 3.00 bits per heavy atom. The van der Waals surface area contributed by atoms with Crippen molar-refractivity contribution in [2.75, 3.05) is 0 Å². The molecule has 0 bridgehead atoms. The first-order valence-electron chi connectivity index (χ1n) is 7.50. The second-order valence-corrected chi connectivity index (χ2v) is 5.34. The predicted octanol–water partition coefficient (Wildman–Crippen LogP) is 0.533. The molecule has 1 aromatic carbocycles. The number of hydrogen-bond donors (Lipinski definition) is 2. The van der Waals surface area contributed by atoms with Crippen molar-refractivity contribution in [3.05, 3.63) is 76.9 Å². The first kappa shape index (κ1) is 14.8. The Hall–Kier alpha value is -3.75. The summed E-state index contributed by atoms with van der Waals surface area (Å²) in [6, 6.07) is 10.8. The topological polar surface area (TPSA) is 110 Å². The molecule has 25 heavy (non-hydrogen) atoms. The summed E-state index contributed by atoms with van der Waals surface area (Å²) in [5, 5.41) is 13.1. The van der Waals surface area contributed by atoms with Gasteiger partial charge < -0.3 is 5.32 Å². The summed E-state index contributed by atoms with van der Waals surface area (Å²) in [6.45, 7) is 0.330. The molecule has 124 valence electrons. The largest absolute Gasteiger partial charge is 0.348 e. The molecule has 3 aromatic heterocycles. The van der Waals surface area contributed by atoms with Crippen molar-refractivity contribution in [3.8, 4) is 5.69 Å². The molecule has 0 unspecified atom stereocenters. The molecule has 1 amide bonds. The molecule has 0 saturated carbocycles. The maximum absolute atomic E-state index is 12.4. The van der Waals surface area contributed by atoms with Gasteiger partial charge in [0, 0.05) is 12.7 Å². The molecule has 0 fully saturated rings. The Bertz CT molecular complexity index is 1100. The second kappa shape index (κ2) is 6.04. The van der Waals surface area contributed by atoms with Crippen LogP contribution >= 0.6 is 0 Å².